The minimum Gasteiger partial charge on any atom is -0.346 e. The third kappa shape index (κ3) is 3.87. The number of nitrogens with one attached hydrogen (secondary N) is 1. The van der Waals surface area contributed by atoms with Gasteiger partial charge < -0.3 is 10.2 Å². The second-order valence-corrected chi connectivity index (χ2v) is 9.50. The van der Waals surface area contributed by atoms with Gasteiger partial charge in [0.15, 0.2) is 5.11 Å². The summed E-state index contributed by atoms with van der Waals surface area (Å²) in [4.78, 5) is 2.03. The fraction of sp³-hybridized carbons (Fsp3) is 0.353. The Labute approximate surface area is 158 Å². The van der Waals surface area contributed by atoms with Gasteiger partial charge in [-0.15, -0.1) is 11.3 Å². The molecule has 8 heteroatoms. The first-order valence-corrected chi connectivity index (χ1v) is 10.8. The van der Waals surface area contributed by atoms with E-state index in [2.05, 4.69) is 25.2 Å². The quantitative estimate of drug-likeness (QED) is 0.810. The van der Waals surface area contributed by atoms with E-state index < -0.39 is 10.0 Å². The van der Waals surface area contributed by atoms with Crippen LogP contribution in [0.2, 0.25) is 0 Å². The van der Waals surface area contributed by atoms with Crippen LogP contribution in [0.1, 0.15) is 11.1 Å². The molecule has 0 unspecified atom stereocenters. The Morgan fingerprint density at radius 1 is 1.12 bits per heavy atom. The zero-order valence-corrected chi connectivity index (χ0v) is 16.7. The van der Waals surface area contributed by atoms with Crippen molar-refractivity contribution in [2.24, 2.45) is 0 Å². The van der Waals surface area contributed by atoms with Crippen molar-refractivity contribution in [1.29, 1.82) is 0 Å². The fourth-order valence-corrected chi connectivity index (χ4v) is 5.61. The predicted octanol–water partition coefficient (Wildman–Crippen LogP) is 3.07. The average Bonchev–Trinajstić information content (AvgIpc) is 3.14. The molecule has 2 heterocycles. The summed E-state index contributed by atoms with van der Waals surface area (Å²) in [5.74, 6) is 0. The van der Waals surface area contributed by atoms with Gasteiger partial charge in [-0.25, -0.2) is 8.42 Å². The van der Waals surface area contributed by atoms with Crippen molar-refractivity contribution in [3.63, 3.8) is 0 Å². The van der Waals surface area contributed by atoms with Crippen molar-refractivity contribution in [3.05, 3.63) is 46.8 Å². The Balaban J connectivity index is 1.62. The molecule has 0 amide bonds. The van der Waals surface area contributed by atoms with E-state index in [0.29, 0.717) is 35.5 Å². The molecule has 1 aromatic carbocycles. The number of rotatable bonds is 3. The van der Waals surface area contributed by atoms with Crippen LogP contribution in [-0.4, -0.2) is 48.9 Å². The van der Waals surface area contributed by atoms with Crippen LogP contribution in [0.25, 0.3) is 0 Å². The van der Waals surface area contributed by atoms with E-state index in [1.165, 1.54) is 26.8 Å². The van der Waals surface area contributed by atoms with E-state index in [4.69, 9.17) is 12.2 Å². The van der Waals surface area contributed by atoms with Gasteiger partial charge in [0.1, 0.15) is 4.21 Å². The Morgan fingerprint density at radius 3 is 2.48 bits per heavy atom. The van der Waals surface area contributed by atoms with Gasteiger partial charge >= 0.3 is 0 Å². The zero-order chi connectivity index (χ0) is 18.0. The summed E-state index contributed by atoms with van der Waals surface area (Å²) in [5, 5.41) is 5.72. The summed E-state index contributed by atoms with van der Waals surface area (Å²) < 4.78 is 27.1. The van der Waals surface area contributed by atoms with Gasteiger partial charge in [-0.05, 0) is 54.7 Å². The molecule has 0 spiro atoms. The smallest absolute Gasteiger partial charge is 0.252 e. The minimum atomic E-state index is -3.38. The number of thiocarbonyl (C=S) groups is 1. The molecule has 2 aromatic rings. The van der Waals surface area contributed by atoms with Gasteiger partial charge in [0.05, 0.1) is 0 Å². The first-order chi connectivity index (χ1) is 11.9. The Kier molecular flexibility index (Phi) is 5.43. The van der Waals surface area contributed by atoms with Gasteiger partial charge in [0.2, 0.25) is 0 Å². The maximum Gasteiger partial charge on any atom is 0.252 e. The van der Waals surface area contributed by atoms with Crippen LogP contribution in [-0.2, 0) is 10.0 Å². The van der Waals surface area contributed by atoms with E-state index in [0.717, 1.165) is 5.69 Å². The van der Waals surface area contributed by atoms with Crippen molar-refractivity contribution in [2.75, 3.05) is 31.5 Å². The minimum absolute atomic E-state index is 0.400. The standard InChI is InChI=1S/C17H21N3O2S3/c1-13-5-3-6-15(14(13)2)18-17(23)19-8-10-20(11-9-19)25(21,22)16-7-4-12-24-16/h3-7,12H,8-11H2,1-2H3,(H,18,23). The molecule has 5 nitrogen and oxygen atoms in total. The van der Waals surface area contributed by atoms with Gasteiger partial charge in [-0.1, -0.05) is 18.2 Å². The molecular formula is C17H21N3O2S3. The summed E-state index contributed by atoms with van der Waals surface area (Å²) in [6.45, 7) is 6.18. The first-order valence-electron chi connectivity index (χ1n) is 8.05. The number of benzene rings is 1. The molecule has 0 radical (unpaired) electrons. The molecule has 0 bridgehead atoms. The van der Waals surface area contributed by atoms with E-state index in [9.17, 15) is 8.42 Å². The van der Waals surface area contributed by atoms with Crippen LogP contribution in [0.3, 0.4) is 0 Å². The van der Waals surface area contributed by atoms with Crippen molar-refractivity contribution in [3.8, 4) is 0 Å². The van der Waals surface area contributed by atoms with Gasteiger partial charge in [0, 0.05) is 31.9 Å². The van der Waals surface area contributed by atoms with Crippen molar-refractivity contribution in [1.82, 2.24) is 9.21 Å². The average molecular weight is 396 g/mol. The molecule has 0 saturated carbocycles. The molecule has 0 aliphatic carbocycles. The van der Waals surface area contributed by atoms with E-state index in [1.54, 1.807) is 17.5 Å². The van der Waals surface area contributed by atoms with Crippen molar-refractivity contribution < 1.29 is 8.42 Å². The highest BCUT2D eigenvalue weighted by molar-refractivity contribution is 7.91. The molecule has 3 rings (SSSR count). The number of anilines is 1. The number of sulfonamides is 1. The van der Waals surface area contributed by atoms with Crippen LogP contribution in [0.4, 0.5) is 5.69 Å². The number of hydrogen-bond acceptors (Lipinski definition) is 4. The summed E-state index contributed by atoms with van der Waals surface area (Å²) in [6.07, 6.45) is 0. The van der Waals surface area contributed by atoms with E-state index in [-0.39, 0.29) is 0 Å². The fourth-order valence-electron chi connectivity index (χ4n) is 2.75. The third-order valence-corrected chi connectivity index (χ3v) is 8.09. The second kappa shape index (κ2) is 7.41. The van der Waals surface area contributed by atoms with Gasteiger partial charge in [-0.2, -0.15) is 4.31 Å². The third-order valence-electron chi connectivity index (χ3n) is 4.46. The van der Waals surface area contributed by atoms with Crippen molar-refractivity contribution >= 4 is 44.4 Å². The first kappa shape index (κ1) is 18.3. The van der Waals surface area contributed by atoms with Crippen molar-refractivity contribution in [2.45, 2.75) is 18.1 Å². The monoisotopic (exact) mass is 395 g/mol. The topological polar surface area (TPSA) is 52.6 Å². The number of thiophene rings is 1. The summed E-state index contributed by atoms with van der Waals surface area (Å²) in [5.41, 5.74) is 3.38. The number of hydrogen-bond donors (Lipinski definition) is 1. The lowest BCUT2D eigenvalue weighted by molar-refractivity contribution is 0.269. The maximum absolute atomic E-state index is 12.6. The summed E-state index contributed by atoms with van der Waals surface area (Å²) in [6, 6.07) is 9.48. The van der Waals surface area contributed by atoms with Gasteiger partial charge in [-0.3, -0.25) is 0 Å². The Bertz CT molecular complexity index is 855. The molecule has 1 N–H and O–H groups in total. The maximum atomic E-state index is 12.6. The lowest BCUT2D eigenvalue weighted by atomic mass is 10.1. The predicted molar refractivity (Wildman–Crippen MR) is 107 cm³/mol. The SMILES string of the molecule is Cc1cccc(NC(=S)N2CCN(S(=O)(=O)c3cccs3)CC2)c1C. The molecule has 1 aliphatic rings. The van der Waals surface area contributed by atoms with Crippen LogP contribution in [0, 0.1) is 13.8 Å². The lowest BCUT2D eigenvalue weighted by Crippen LogP contribution is -2.51. The number of aryl methyl sites for hydroxylation is 1. The largest absolute Gasteiger partial charge is 0.346 e. The lowest BCUT2D eigenvalue weighted by Gasteiger charge is -2.35. The molecule has 1 fully saturated rings. The Hall–Kier alpha value is -1.48. The van der Waals surface area contributed by atoms with Crippen LogP contribution < -0.4 is 5.32 Å². The summed E-state index contributed by atoms with van der Waals surface area (Å²) in [7, 11) is -3.38. The molecule has 0 atom stereocenters. The molecule has 1 aromatic heterocycles. The molecular weight excluding hydrogens is 374 g/mol. The summed E-state index contributed by atoms with van der Waals surface area (Å²) >= 11 is 6.77. The van der Waals surface area contributed by atoms with Crippen LogP contribution in [0.15, 0.2) is 39.9 Å². The molecule has 1 aliphatic heterocycles. The zero-order valence-electron chi connectivity index (χ0n) is 14.2. The highest BCUT2D eigenvalue weighted by Crippen LogP contribution is 2.23. The normalized spacial score (nSPS) is 16.0. The number of nitrogens with zero attached hydrogens (tertiary/aromatic N) is 2. The van der Waals surface area contributed by atoms with Crippen LogP contribution >= 0.6 is 23.6 Å². The van der Waals surface area contributed by atoms with Crippen LogP contribution in [0.5, 0.6) is 0 Å². The highest BCUT2D eigenvalue weighted by Gasteiger charge is 2.29. The molecule has 25 heavy (non-hydrogen) atoms. The van der Waals surface area contributed by atoms with Gasteiger partial charge in [0.25, 0.3) is 10.0 Å². The highest BCUT2D eigenvalue weighted by atomic mass is 32.2. The van der Waals surface area contributed by atoms with E-state index >= 15 is 0 Å². The Morgan fingerprint density at radius 2 is 1.84 bits per heavy atom. The van der Waals surface area contributed by atoms with E-state index in [1.807, 2.05) is 17.0 Å². The molecule has 134 valence electrons. The molecule has 1 saturated heterocycles. The second-order valence-electron chi connectivity index (χ2n) is 6.00. The number of piperazine rings is 1.